The molecule has 0 amide bonds. The molecule has 0 aliphatic carbocycles. The number of hydrogen-bond donors (Lipinski definition) is 0. The molecule has 0 saturated heterocycles. The van der Waals surface area contributed by atoms with Gasteiger partial charge in [0.1, 0.15) is 0 Å². The summed E-state index contributed by atoms with van der Waals surface area (Å²) in [5.74, 6) is 0. The third-order valence-corrected chi connectivity index (χ3v) is 16.4. The molecule has 1 heterocycles. The van der Waals surface area contributed by atoms with Gasteiger partial charge in [-0.25, -0.2) is 0 Å². The maximum Gasteiger partial charge on any atom is 0.0541 e. The first kappa shape index (κ1) is 48.3. The van der Waals surface area contributed by atoms with Crippen molar-refractivity contribution in [2.24, 2.45) is 0 Å². The van der Waals surface area contributed by atoms with Crippen LogP contribution in [0.3, 0.4) is 0 Å². The second-order valence-corrected chi connectivity index (χ2v) is 21.1. The maximum atomic E-state index is 2.44. The van der Waals surface area contributed by atoms with Crippen molar-refractivity contribution in [3.63, 3.8) is 0 Å². The average Bonchev–Trinajstić information content (AvgIpc) is 3.02. The lowest BCUT2D eigenvalue weighted by Gasteiger charge is -2.26. The number of aromatic nitrogens is 1. The summed E-state index contributed by atoms with van der Waals surface area (Å²) in [4.78, 5) is 2.37. The molecule has 0 unspecified atom stereocenters. The van der Waals surface area contributed by atoms with E-state index >= 15 is 0 Å². The Labute approximate surface area is 478 Å². The molecule has 0 fully saturated rings. The van der Waals surface area contributed by atoms with Gasteiger partial charge in [0.2, 0.25) is 0 Å². The highest BCUT2D eigenvalue weighted by Crippen LogP contribution is 2.46. The van der Waals surface area contributed by atoms with E-state index in [2.05, 4.69) is 337 Å². The number of fused-ring (bicyclic) bond motifs is 5. The first-order valence-corrected chi connectivity index (χ1v) is 28.2. The lowest BCUT2D eigenvalue weighted by molar-refractivity contribution is 1.17. The van der Waals surface area contributed by atoms with Crippen LogP contribution in [-0.4, -0.2) is 4.57 Å². The van der Waals surface area contributed by atoms with Gasteiger partial charge >= 0.3 is 0 Å². The molecule has 1 aromatic heterocycles. The molecule has 2 heteroatoms. The normalized spacial score (nSPS) is 11.4. The van der Waals surface area contributed by atoms with Crippen LogP contribution in [-0.2, 0) is 0 Å². The zero-order valence-corrected chi connectivity index (χ0v) is 45.1. The second kappa shape index (κ2) is 20.8. The molecule has 0 atom stereocenters. The van der Waals surface area contributed by atoms with Crippen LogP contribution >= 0.6 is 0 Å². The molecule has 0 bridgehead atoms. The van der Waals surface area contributed by atoms with Crippen molar-refractivity contribution in [1.82, 2.24) is 4.57 Å². The van der Waals surface area contributed by atoms with Gasteiger partial charge in [0.15, 0.2) is 0 Å². The summed E-state index contributed by atoms with van der Waals surface area (Å²) in [6.07, 6.45) is 0. The van der Waals surface area contributed by atoms with Crippen LogP contribution in [0.15, 0.2) is 328 Å². The summed E-state index contributed by atoms with van der Waals surface area (Å²) >= 11 is 0. The average molecular weight is 1040 g/mol. The summed E-state index contributed by atoms with van der Waals surface area (Å²) in [6.45, 7) is 0. The molecule has 82 heavy (non-hydrogen) atoms. The molecule has 0 aliphatic rings. The Morgan fingerprint density at radius 2 is 0.488 bits per heavy atom. The van der Waals surface area contributed by atoms with Crippen molar-refractivity contribution in [1.29, 1.82) is 0 Å². The fraction of sp³-hybridized carbons (Fsp3) is 0. The van der Waals surface area contributed by atoms with E-state index in [0.29, 0.717) is 0 Å². The zero-order valence-electron chi connectivity index (χ0n) is 45.1. The number of rotatable bonds is 11. The lowest BCUT2D eigenvalue weighted by atomic mass is 9.85. The molecular weight excluding hydrogens is 989 g/mol. The first-order valence-electron chi connectivity index (χ1n) is 28.2. The lowest BCUT2D eigenvalue weighted by Crippen LogP contribution is -2.10. The SMILES string of the molecule is c1ccc(-c2ccc(-c3c4ccccc4c(-c4ccc(N(c5ccccc5)c5ccc(-n6c7ccc(-c8ccccc8-c8ccccc8)cc7c7cc(-c8ccccc8-c8ccccc8)ccc76)cc5)cc4)c4ccccc34)cc2)cc1. The Morgan fingerprint density at radius 3 is 0.915 bits per heavy atom. The molecular formula is C80H54N2. The van der Waals surface area contributed by atoms with Gasteiger partial charge < -0.3 is 9.47 Å². The Hall–Kier alpha value is -10.8. The Bertz CT molecular complexity index is 4600. The zero-order chi connectivity index (χ0) is 54.3. The smallest absolute Gasteiger partial charge is 0.0541 e. The molecule has 0 spiro atoms. The van der Waals surface area contributed by atoms with Crippen molar-refractivity contribution >= 4 is 60.4 Å². The number of nitrogens with zero attached hydrogens (tertiary/aromatic N) is 2. The van der Waals surface area contributed by atoms with E-state index in [1.165, 1.54) is 110 Å². The van der Waals surface area contributed by atoms with Crippen LogP contribution in [0, 0.1) is 0 Å². The number of anilines is 3. The van der Waals surface area contributed by atoms with Crippen molar-refractivity contribution < 1.29 is 0 Å². The fourth-order valence-electron chi connectivity index (χ4n) is 12.6. The van der Waals surface area contributed by atoms with E-state index in [-0.39, 0.29) is 0 Å². The number of benzene rings is 14. The highest BCUT2D eigenvalue weighted by molar-refractivity contribution is 6.21. The standard InChI is InChI=1S/C80H54N2/c1-5-21-55(22-6-1)56-37-39-59(40-38-56)79-71-33-17-19-35-73(71)80(74-36-20-18-34-72(74)79)60-41-45-64(46-42-60)81(63-27-11-4-12-28-63)65-47-49-66(50-48-65)82-77-51-43-61(69-31-15-13-29-67(69)57-23-7-2-8-24-57)53-75(77)76-54-62(44-52-78(76)82)70-32-16-14-30-68(70)58-25-9-3-10-26-58/h1-54H. The van der Waals surface area contributed by atoms with Crippen LogP contribution in [0.1, 0.15) is 0 Å². The van der Waals surface area contributed by atoms with Crippen LogP contribution in [0.25, 0.3) is 127 Å². The molecule has 0 radical (unpaired) electrons. The molecule has 15 aromatic rings. The minimum atomic E-state index is 1.07. The van der Waals surface area contributed by atoms with Crippen LogP contribution < -0.4 is 4.90 Å². The van der Waals surface area contributed by atoms with Gasteiger partial charge in [-0.2, -0.15) is 0 Å². The minimum absolute atomic E-state index is 1.07. The van der Waals surface area contributed by atoms with Crippen LogP contribution in [0.5, 0.6) is 0 Å². The van der Waals surface area contributed by atoms with Crippen LogP contribution in [0.2, 0.25) is 0 Å². The molecule has 384 valence electrons. The van der Waals surface area contributed by atoms with E-state index in [1.54, 1.807) is 0 Å². The highest BCUT2D eigenvalue weighted by atomic mass is 15.1. The van der Waals surface area contributed by atoms with E-state index in [1.807, 2.05) is 0 Å². The molecule has 0 aliphatic heterocycles. The Kier molecular flexibility index (Phi) is 12.2. The van der Waals surface area contributed by atoms with Gasteiger partial charge in [-0.1, -0.05) is 255 Å². The largest absolute Gasteiger partial charge is 0.311 e. The van der Waals surface area contributed by atoms with Crippen LogP contribution in [0.4, 0.5) is 17.1 Å². The van der Waals surface area contributed by atoms with Crippen molar-refractivity contribution in [3.8, 4) is 83.6 Å². The van der Waals surface area contributed by atoms with E-state index in [4.69, 9.17) is 0 Å². The van der Waals surface area contributed by atoms with E-state index in [0.717, 1.165) is 33.8 Å². The summed E-state index contributed by atoms with van der Waals surface area (Å²) < 4.78 is 2.44. The quantitative estimate of drug-likeness (QED) is 0.117. The maximum absolute atomic E-state index is 2.44. The number of para-hydroxylation sites is 1. The van der Waals surface area contributed by atoms with Gasteiger partial charge in [0.05, 0.1) is 11.0 Å². The third-order valence-electron chi connectivity index (χ3n) is 16.4. The van der Waals surface area contributed by atoms with Gasteiger partial charge in [0, 0.05) is 33.5 Å². The minimum Gasteiger partial charge on any atom is -0.311 e. The van der Waals surface area contributed by atoms with Gasteiger partial charge in [0.25, 0.3) is 0 Å². The van der Waals surface area contributed by atoms with Gasteiger partial charge in [-0.15, -0.1) is 0 Å². The number of hydrogen-bond acceptors (Lipinski definition) is 1. The predicted molar refractivity (Wildman–Crippen MR) is 349 cm³/mol. The van der Waals surface area contributed by atoms with Crippen molar-refractivity contribution in [3.05, 3.63) is 328 Å². The molecule has 14 aromatic carbocycles. The molecule has 0 saturated carbocycles. The third kappa shape index (κ3) is 8.62. The van der Waals surface area contributed by atoms with Gasteiger partial charge in [-0.05, 0) is 172 Å². The predicted octanol–water partition coefficient (Wildman–Crippen LogP) is 22.2. The summed E-state index contributed by atoms with van der Waals surface area (Å²) in [6, 6.07) is 120. The Balaban J connectivity index is 0.831. The fourth-order valence-corrected chi connectivity index (χ4v) is 12.6. The van der Waals surface area contributed by atoms with Crippen molar-refractivity contribution in [2.45, 2.75) is 0 Å². The molecule has 2 nitrogen and oxygen atoms in total. The molecule has 15 rings (SSSR count). The topological polar surface area (TPSA) is 8.17 Å². The highest BCUT2D eigenvalue weighted by Gasteiger charge is 2.21. The van der Waals surface area contributed by atoms with Gasteiger partial charge in [-0.3, -0.25) is 0 Å². The molecule has 0 N–H and O–H groups in total. The Morgan fingerprint density at radius 1 is 0.195 bits per heavy atom. The summed E-state index contributed by atoms with van der Waals surface area (Å²) in [5.41, 5.74) is 23.6. The monoisotopic (exact) mass is 1040 g/mol. The second-order valence-electron chi connectivity index (χ2n) is 21.1. The summed E-state index contributed by atoms with van der Waals surface area (Å²) in [5, 5.41) is 7.36. The van der Waals surface area contributed by atoms with E-state index in [9.17, 15) is 0 Å². The first-order chi connectivity index (χ1) is 40.7. The van der Waals surface area contributed by atoms with E-state index < -0.39 is 0 Å². The van der Waals surface area contributed by atoms with Crippen molar-refractivity contribution in [2.75, 3.05) is 4.90 Å². The summed E-state index contributed by atoms with van der Waals surface area (Å²) in [7, 11) is 0.